The van der Waals surface area contributed by atoms with Crippen LogP contribution in [0.3, 0.4) is 0 Å². The van der Waals surface area contributed by atoms with Gasteiger partial charge in [-0.15, -0.1) is 0 Å². The number of rotatable bonds is 11. The minimum atomic E-state index is -0.914. The van der Waals surface area contributed by atoms with Gasteiger partial charge in [-0.2, -0.15) is 0 Å². The van der Waals surface area contributed by atoms with Gasteiger partial charge in [0.1, 0.15) is 11.5 Å². The van der Waals surface area contributed by atoms with Crippen molar-refractivity contribution in [2.75, 3.05) is 0 Å². The summed E-state index contributed by atoms with van der Waals surface area (Å²) >= 11 is 0. The minimum Gasteiger partial charge on any atom is -0.508 e. The van der Waals surface area contributed by atoms with Crippen molar-refractivity contribution >= 4 is 11.9 Å². The fourth-order valence-electron chi connectivity index (χ4n) is 6.47. The molecule has 0 bridgehead atoms. The number of unbranched alkanes of at least 4 members (excludes halogenated alkanes) is 3. The van der Waals surface area contributed by atoms with Crippen molar-refractivity contribution < 1.29 is 30.0 Å². The summed E-state index contributed by atoms with van der Waals surface area (Å²) in [5, 5.41) is 42.1. The zero-order chi connectivity index (χ0) is 35.4. The first-order valence-corrected chi connectivity index (χ1v) is 17.0. The summed E-state index contributed by atoms with van der Waals surface area (Å²) in [6.45, 7) is 24.8. The molecular formula is C40H62O6. The van der Waals surface area contributed by atoms with Crippen LogP contribution in [0.4, 0.5) is 0 Å². The number of aliphatic carboxylic acids is 2. The summed E-state index contributed by atoms with van der Waals surface area (Å²) in [7, 11) is 0. The number of carboxylic acids is 2. The first kappa shape index (κ1) is 39.2. The van der Waals surface area contributed by atoms with Gasteiger partial charge in [0.05, 0.1) is 0 Å². The second-order valence-corrected chi connectivity index (χ2v) is 17.5. The third kappa shape index (κ3) is 10.8. The van der Waals surface area contributed by atoms with Crippen LogP contribution in [-0.4, -0.2) is 32.4 Å². The molecule has 0 spiro atoms. The van der Waals surface area contributed by atoms with E-state index in [0.717, 1.165) is 35.1 Å². The van der Waals surface area contributed by atoms with Crippen molar-refractivity contribution in [3.8, 4) is 0 Å². The Morgan fingerprint density at radius 2 is 0.891 bits per heavy atom. The third-order valence-corrected chi connectivity index (χ3v) is 9.17. The zero-order valence-electron chi connectivity index (χ0n) is 30.7. The fourth-order valence-corrected chi connectivity index (χ4v) is 6.47. The Morgan fingerprint density at radius 1 is 0.587 bits per heavy atom. The molecule has 2 aliphatic rings. The number of carboxylic acid groups (broad SMARTS) is 2. The van der Waals surface area contributed by atoms with E-state index >= 15 is 0 Å². The molecule has 0 aliphatic heterocycles. The van der Waals surface area contributed by atoms with Gasteiger partial charge in [-0.25, -0.2) is 9.59 Å². The highest BCUT2D eigenvalue weighted by atomic mass is 16.4. The Hall–Kier alpha value is -3.02. The lowest BCUT2D eigenvalue weighted by Crippen LogP contribution is -2.24. The maximum Gasteiger partial charge on any atom is 0.331 e. The molecule has 0 saturated heterocycles. The molecule has 6 nitrogen and oxygen atoms in total. The quantitative estimate of drug-likeness (QED) is 0.132. The van der Waals surface area contributed by atoms with E-state index in [9.17, 15) is 30.0 Å². The summed E-state index contributed by atoms with van der Waals surface area (Å²) < 4.78 is 0. The van der Waals surface area contributed by atoms with E-state index in [0.29, 0.717) is 61.2 Å². The Labute approximate surface area is 278 Å². The van der Waals surface area contributed by atoms with Crippen molar-refractivity contribution in [2.24, 2.45) is 33.5 Å². The van der Waals surface area contributed by atoms with E-state index in [-0.39, 0.29) is 33.5 Å². The van der Waals surface area contributed by atoms with Crippen molar-refractivity contribution in [1.29, 1.82) is 0 Å². The lowest BCUT2D eigenvalue weighted by atomic mass is 9.71. The molecule has 258 valence electrons. The van der Waals surface area contributed by atoms with Gasteiger partial charge < -0.3 is 20.4 Å². The normalized spacial score (nSPS) is 21.0. The molecule has 0 saturated carbocycles. The lowest BCUT2D eigenvalue weighted by molar-refractivity contribution is -0.133. The molecule has 4 N–H and O–H groups in total. The third-order valence-electron chi connectivity index (χ3n) is 9.17. The molecule has 0 aromatic heterocycles. The van der Waals surface area contributed by atoms with Gasteiger partial charge in [0.2, 0.25) is 0 Å². The van der Waals surface area contributed by atoms with Crippen molar-refractivity contribution in [3.63, 3.8) is 0 Å². The molecule has 2 unspecified atom stereocenters. The maximum absolute atomic E-state index is 12.2. The van der Waals surface area contributed by atoms with E-state index in [1.54, 1.807) is 0 Å². The molecular weight excluding hydrogens is 576 g/mol. The minimum absolute atomic E-state index is 0.100. The smallest absolute Gasteiger partial charge is 0.331 e. The summed E-state index contributed by atoms with van der Waals surface area (Å²) in [4.78, 5) is 24.4. The van der Waals surface area contributed by atoms with Crippen LogP contribution in [-0.2, 0) is 9.59 Å². The largest absolute Gasteiger partial charge is 0.508 e. The van der Waals surface area contributed by atoms with Crippen LogP contribution in [0.25, 0.3) is 0 Å². The number of carbonyl (C=O) groups is 2. The van der Waals surface area contributed by atoms with E-state index < -0.39 is 11.9 Å². The molecule has 2 aliphatic carbocycles. The molecule has 0 aromatic rings. The first-order chi connectivity index (χ1) is 20.8. The van der Waals surface area contributed by atoms with Gasteiger partial charge in [0, 0.05) is 23.0 Å². The number of hydrogen-bond acceptors (Lipinski definition) is 4. The standard InChI is InChI=1S/C40H62O6/c1-37(2,3)29-21-25(22-30(33(29)41)38(4,5)6)19-27(35(43)44)17-15-13-14-16-18-28(36(45)46)20-26-23-31(39(7,8)9)34(42)32(24-26)40(10,11)12/h19-21,23,25-26,41-42H,13-18,22,24H2,1-12H3,(H,43,44)(H,45,46). The first-order valence-electron chi connectivity index (χ1n) is 17.0. The number of aliphatic hydroxyl groups excluding tert-OH is 2. The fraction of sp³-hybridized carbons (Fsp3) is 0.650. The molecule has 2 rings (SSSR count). The highest BCUT2D eigenvalue weighted by molar-refractivity contribution is 5.87. The predicted octanol–water partition coefficient (Wildman–Crippen LogP) is 11.1. The van der Waals surface area contributed by atoms with Crippen LogP contribution in [0.5, 0.6) is 0 Å². The molecule has 0 amide bonds. The second-order valence-electron chi connectivity index (χ2n) is 17.5. The Morgan fingerprint density at radius 3 is 1.13 bits per heavy atom. The lowest BCUT2D eigenvalue weighted by Gasteiger charge is -2.35. The van der Waals surface area contributed by atoms with Crippen molar-refractivity contribution in [1.82, 2.24) is 0 Å². The van der Waals surface area contributed by atoms with Crippen LogP contribution in [0.1, 0.15) is 134 Å². The van der Waals surface area contributed by atoms with Crippen LogP contribution in [0, 0.1) is 33.5 Å². The number of allylic oxidation sites excluding steroid dienone is 8. The van der Waals surface area contributed by atoms with E-state index in [1.807, 2.05) is 24.3 Å². The summed E-state index contributed by atoms with van der Waals surface area (Å²) in [5.41, 5.74) is 3.40. The molecule has 0 fully saturated rings. The van der Waals surface area contributed by atoms with Gasteiger partial charge in [-0.3, -0.25) is 0 Å². The summed E-state index contributed by atoms with van der Waals surface area (Å²) in [5.74, 6) is -1.34. The highest BCUT2D eigenvalue weighted by Gasteiger charge is 2.35. The predicted molar refractivity (Wildman–Crippen MR) is 189 cm³/mol. The van der Waals surface area contributed by atoms with Crippen LogP contribution < -0.4 is 0 Å². The van der Waals surface area contributed by atoms with Crippen LogP contribution >= 0.6 is 0 Å². The van der Waals surface area contributed by atoms with Gasteiger partial charge >= 0.3 is 11.9 Å². The zero-order valence-corrected chi connectivity index (χ0v) is 30.7. The second kappa shape index (κ2) is 14.8. The Kier molecular flexibility index (Phi) is 12.6. The Balaban J connectivity index is 2.09. The molecule has 0 aromatic carbocycles. The summed E-state index contributed by atoms with van der Waals surface area (Å²) in [6.07, 6.45) is 12.9. The van der Waals surface area contributed by atoms with E-state index in [4.69, 9.17) is 0 Å². The van der Waals surface area contributed by atoms with Crippen molar-refractivity contribution in [2.45, 2.75) is 134 Å². The van der Waals surface area contributed by atoms with Crippen LogP contribution in [0.2, 0.25) is 0 Å². The monoisotopic (exact) mass is 638 g/mol. The maximum atomic E-state index is 12.2. The van der Waals surface area contributed by atoms with E-state index in [1.165, 1.54) is 0 Å². The number of hydrogen-bond donors (Lipinski definition) is 4. The molecule has 46 heavy (non-hydrogen) atoms. The molecule has 0 radical (unpaired) electrons. The van der Waals surface area contributed by atoms with Gasteiger partial charge in [0.25, 0.3) is 0 Å². The molecule has 0 heterocycles. The highest BCUT2D eigenvalue weighted by Crippen LogP contribution is 2.46. The van der Waals surface area contributed by atoms with Gasteiger partial charge in [0.15, 0.2) is 0 Å². The van der Waals surface area contributed by atoms with E-state index in [2.05, 4.69) is 83.1 Å². The Bertz CT molecular complexity index is 1230. The van der Waals surface area contributed by atoms with Gasteiger partial charge in [-0.1, -0.05) is 120 Å². The number of aliphatic hydroxyl groups is 2. The molecule has 6 heteroatoms. The average molecular weight is 639 g/mol. The average Bonchev–Trinajstić information content (AvgIpc) is 2.87. The summed E-state index contributed by atoms with van der Waals surface area (Å²) in [6, 6.07) is 0. The topological polar surface area (TPSA) is 115 Å². The molecule has 2 atom stereocenters. The van der Waals surface area contributed by atoms with Gasteiger partial charge in [-0.05, 0) is 82.5 Å². The van der Waals surface area contributed by atoms with Crippen molar-refractivity contribution in [3.05, 3.63) is 69.3 Å². The SMILES string of the molecule is CC(C)(C)C1=CC(C=C(CCCCCCC(=CC2C=C(C(C)(C)C)C(O)=C(C(C)(C)C)C2)C(=O)O)C(=O)O)CC(C(C)(C)C)=C1O. The van der Waals surface area contributed by atoms with Crippen LogP contribution in [0.15, 0.2) is 69.3 Å².